The van der Waals surface area contributed by atoms with E-state index in [0.29, 0.717) is 11.3 Å². The summed E-state index contributed by atoms with van der Waals surface area (Å²) in [5, 5.41) is 0. The Morgan fingerprint density at radius 2 is 0.971 bits per heavy atom. The van der Waals surface area contributed by atoms with Gasteiger partial charge in [-0.15, -0.1) is 0 Å². The monoisotopic (exact) mass is 590 g/mol. The van der Waals surface area contributed by atoms with Crippen LogP contribution < -0.4 is 103 Å². The summed E-state index contributed by atoms with van der Waals surface area (Å²) in [5.74, 6) is -3.43. The first-order valence-electron chi connectivity index (χ1n) is 11.8. The van der Waals surface area contributed by atoms with Gasteiger partial charge in [-0.25, -0.2) is 16.8 Å². The molecule has 0 spiro atoms. The molecule has 0 heterocycles. The topological polar surface area (TPSA) is 155 Å². The molecule has 0 bridgehead atoms. The Morgan fingerprint density at radius 3 is 1.34 bits per heavy atom. The molecule has 0 aliphatic rings. The summed E-state index contributed by atoms with van der Waals surface area (Å²) in [7, 11) is -9.49. The SMILES string of the molecule is CCCCCCCCCCCCCCC(=O)N(CCN(CS(=O)(=O)[O-])C(C)=O)CS(=O)(=O)[O-].[K+].[K+]. The van der Waals surface area contributed by atoms with Gasteiger partial charge in [0.2, 0.25) is 11.8 Å². The molecule has 0 N–H and O–H groups in total. The molecule has 0 atom stereocenters. The average Bonchev–Trinajstić information content (AvgIpc) is 2.68. The van der Waals surface area contributed by atoms with E-state index >= 15 is 0 Å². The largest absolute Gasteiger partial charge is 1.00 e. The van der Waals surface area contributed by atoms with Gasteiger partial charge in [-0.05, 0) is 6.42 Å². The summed E-state index contributed by atoms with van der Waals surface area (Å²) in [5.41, 5.74) is 0. The fourth-order valence-electron chi connectivity index (χ4n) is 3.47. The Hall–Kier alpha value is 2.03. The number of hydrogen-bond acceptors (Lipinski definition) is 8. The summed E-state index contributed by atoms with van der Waals surface area (Å²) >= 11 is 0. The van der Waals surface area contributed by atoms with Crippen LogP contribution in [0.4, 0.5) is 0 Å². The number of carbonyl (C=O) groups excluding carboxylic acids is 2. The molecule has 35 heavy (non-hydrogen) atoms. The Morgan fingerprint density at radius 1 is 0.629 bits per heavy atom. The molecule has 0 saturated heterocycles. The molecule has 0 rings (SSSR count). The van der Waals surface area contributed by atoms with Crippen molar-refractivity contribution >= 4 is 32.1 Å². The van der Waals surface area contributed by atoms with E-state index in [9.17, 15) is 35.5 Å². The van der Waals surface area contributed by atoms with Crippen molar-refractivity contribution in [1.82, 2.24) is 9.80 Å². The number of unbranched alkanes of at least 4 members (excludes halogenated alkanes) is 11. The van der Waals surface area contributed by atoms with Gasteiger partial charge >= 0.3 is 103 Å². The molecule has 2 amide bonds. The summed E-state index contributed by atoms with van der Waals surface area (Å²) in [6, 6.07) is 0. The third-order valence-corrected chi connectivity index (χ3v) is 6.57. The predicted molar refractivity (Wildman–Crippen MR) is 124 cm³/mol. The Balaban J connectivity index is -0.00000512. The van der Waals surface area contributed by atoms with E-state index in [2.05, 4.69) is 6.92 Å². The molecule has 0 unspecified atom stereocenters. The molecule has 0 aromatic rings. The number of nitrogens with zero attached hydrogens (tertiary/aromatic N) is 2. The Bertz CT molecular complexity index is 780. The Kier molecular flexibility index (Phi) is 28.3. The third-order valence-electron chi connectivity index (χ3n) is 5.31. The fraction of sp³-hybridized carbons (Fsp3) is 0.905. The van der Waals surface area contributed by atoms with Crippen LogP contribution >= 0.6 is 0 Å². The van der Waals surface area contributed by atoms with Crippen LogP contribution in [0.5, 0.6) is 0 Å². The molecule has 0 aromatic carbocycles. The van der Waals surface area contributed by atoms with E-state index in [1.165, 1.54) is 44.9 Å². The zero-order chi connectivity index (χ0) is 25.3. The number of amides is 2. The van der Waals surface area contributed by atoms with Crippen molar-refractivity contribution < 1.29 is 138 Å². The first kappa shape index (κ1) is 41.5. The molecular weight excluding hydrogens is 551 g/mol. The van der Waals surface area contributed by atoms with Crippen molar-refractivity contribution in [2.45, 2.75) is 97.3 Å². The molecule has 0 aromatic heterocycles. The summed E-state index contributed by atoms with van der Waals surface area (Å²) in [4.78, 5) is 25.4. The van der Waals surface area contributed by atoms with Crippen LogP contribution in [-0.2, 0) is 29.8 Å². The fourth-order valence-corrected chi connectivity index (χ4v) is 4.82. The molecule has 14 heteroatoms. The summed E-state index contributed by atoms with van der Waals surface area (Å²) in [6.45, 7) is 2.53. The summed E-state index contributed by atoms with van der Waals surface area (Å²) in [6.07, 6.45) is 13.4. The van der Waals surface area contributed by atoms with Crippen molar-refractivity contribution in [3.63, 3.8) is 0 Å². The van der Waals surface area contributed by atoms with Crippen LogP contribution in [0.3, 0.4) is 0 Å². The quantitative estimate of drug-likeness (QED) is 0.0814. The van der Waals surface area contributed by atoms with E-state index < -0.39 is 43.8 Å². The van der Waals surface area contributed by atoms with Crippen LogP contribution in [0.2, 0.25) is 0 Å². The maximum Gasteiger partial charge on any atom is 1.00 e. The van der Waals surface area contributed by atoms with Gasteiger partial charge in [0.15, 0.2) is 0 Å². The van der Waals surface area contributed by atoms with Gasteiger partial charge in [0.25, 0.3) is 0 Å². The maximum atomic E-state index is 12.4. The minimum absolute atomic E-state index is 0. The van der Waals surface area contributed by atoms with Gasteiger partial charge in [-0.3, -0.25) is 9.59 Å². The zero-order valence-corrected chi connectivity index (χ0v) is 29.9. The van der Waals surface area contributed by atoms with E-state index in [-0.39, 0.29) is 122 Å². The van der Waals surface area contributed by atoms with Gasteiger partial charge in [-0.1, -0.05) is 77.6 Å². The third kappa shape index (κ3) is 27.4. The average molecular weight is 591 g/mol. The molecular formula is C21H40K2N2O8S2. The smallest absolute Gasteiger partial charge is 0.747 e. The van der Waals surface area contributed by atoms with Crippen molar-refractivity contribution in [3.05, 3.63) is 0 Å². The van der Waals surface area contributed by atoms with Crippen LogP contribution in [-0.4, -0.2) is 72.4 Å². The molecule has 10 nitrogen and oxygen atoms in total. The predicted octanol–water partition coefficient (Wildman–Crippen LogP) is -3.23. The van der Waals surface area contributed by atoms with Crippen LogP contribution in [0.15, 0.2) is 0 Å². The van der Waals surface area contributed by atoms with Gasteiger partial charge < -0.3 is 18.9 Å². The van der Waals surface area contributed by atoms with E-state index in [0.717, 1.165) is 37.5 Å². The van der Waals surface area contributed by atoms with Crippen molar-refractivity contribution in [2.75, 3.05) is 24.8 Å². The van der Waals surface area contributed by atoms with Gasteiger partial charge in [0.1, 0.15) is 32.0 Å². The molecule has 0 saturated carbocycles. The number of carbonyl (C=O) groups is 2. The van der Waals surface area contributed by atoms with Crippen molar-refractivity contribution in [1.29, 1.82) is 0 Å². The number of rotatable bonds is 20. The molecule has 0 fully saturated rings. The van der Waals surface area contributed by atoms with Gasteiger partial charge in [-0.2, -0.15) is 0 Å². The second-order valence-corrected chi connectivity index (χ2v) is 11.2. The standard InChI is InChI=1S/C21H42N2O8S2.2K/c1-3-4-5-6-7-8-9-10-11-12-13-14-15-21(25)23(19-33(29,30)31)17-16-22(20(2)24)18-32(26,27)28;;/h3-19H2,1-2H3,(H,26,27,28)(H,29,30,31);;/q;2*+1/p-2. The molecule has 0 radical (unpaired) electrons. The Labute approximate surface area is 297 Å². The first-order chi connectivity index (χ1) is 15.4. The molecule has 0 aliphatic carbocycles. The van der Waals surface area contributed by atoms with Crippen LogP contribution in [0.1, 0.15) is 97.3 Å². The van der Waals surface area contributed by atoms with Gasteiger partial charge in [0, 0.05) is 26.4 Å². The number of hydrogen-bond donors (Lipinski definition) is 0. The normalized spacial score (nSPS) is 11.3. The minimum Gasteiger partial charge on any atom is -0.747 e. The second-order valence-electron chi connectivity index (χ2n) is 8.45. The minimum atomic E-state index is -4.76. The second kappa shape index (κ2) is 23.9. The first-order valence-corrected chi connectivity index (χ1v) is 14.9. The van der Waals surface area contributed by atoms with Crippen LogP contribution in [0.25, 0.3) is 0 Å². The van der Waals surface area contributed by atoms with E-state index in [4.69, 9.17) is 0 Å². The maximum absolute atomic E-state index is 12.4. The van der Waals surface area contributed by atoms with Crippen LogP contribution in [0, 0.1) is 0 Å². The van der Waals surface area contributed by atoms with E-state index in [1.807, 2.05) is 0 Å². The van der Waals surface area contributed by atoms with E-state index in [1.54, 1.807) is 0 Å². The summed E-state index contributed by atoms with van der Waals surface area (Å²) < 4.78 is 66.2. The van der Waals surface area contributed by atoms with Crippen molar-refractivity contribution in [2.24, 2.45) is 0 Å². The van der Waals surface area contributed by atoms with Gasteiger partial charge in [0.05, 0.1) is 0 Å². The zero-order valence-electron chi connectivity index (χ0n) is 22.0. The van der Waals surface area contributed by atoms with Crippen molar-refractivity contribution in [3.8, 4) is 0 Å². The molecule has 0 aliphatic heterocycles. The molecule has 196 valence electrons.